The summed E-state index contributed by atoms with van der Waals surface area (Å²) in [6.07, 6.45) is 2.29. The second-order valence-electron chi connectivity index (χ2n) is 4.16. The zero-order valence-electron chi connectivity index (χ0n) is 9.55. The summed E-state index contributed by atoms with van der Waals surface area (Å²) in [4.78, 5) is 0. The van der Waals surface area contributed by atoms with E-state index in [0.29, 0.717) is 26.1 Å². The Morgan fingerprint density at radius 2 is 2.06 bits per heavy atom. The van der Waals surface area contributed by atoms with Crippen LogP contribution < -0.4 is 0 Å². The minimum Gasteiger partial charge on any atom is -0.388 e. The molecule has 0 amide bonds. The lowest BCUT2D eigenvalue weighted by Gasteiger charge is -2.34. The molecule has 0 atom stereocenters. The Kier molecular flexibility index (Phi) is 4.49. The number of sulfonamides is 1. The summed E-state index contributed by atoms with van der Waals surface area (Å²) in [5, 5.41) is 10.2. The van der Waals surface area contributed by atoms with E-state index in [-0.39, 0.29) is 12.3 Å². The molecule has 0 bridgehead atoms. The number of hydrogen-bond donors (Lipinski definition) is 1. The van der Waals surface area contributed by atoms with Gasteiger partial charge in [-0.1, -0.05) is 6.08 Å². The van der Waals surface area contributed by atoms with E-state index in [1.807, 2.05) is 0 Å². The molecule has 1 aliphatic heterocycles. The lowest BCUT2D eigenvalue weighted by molar-refractivity contribution is -0.0689. The average molecular weight is 249 g/mol. The fourth-order valence-electron chi connectivity index (χ4n) is 1.70. The van der Waals surface area contributed by atoms with E-state index in [4.69, 9.17) is 4.74 Å². The van der Waals surface area contributed by atoms with Crippen molar-refractivity contribution in [2.75, 3.05) is 32.6 Å². The highest BCUT2D eigenvalue weighted by Gasteiger charge is 2.33. The van der Waals surface area contributed by atoms with Gasteiger partial charge in [0, 0.05) is 39.6 Å². The van der Waals surface area contributed by atoms with E-state index in [1.54, 1.807) is 0 Å². The molecule has 1 heterocycles. The van der Waals surface area contributed by atoms with Crippen molar-refractivity contribution in [2.24, 2.45) is 0 Å². The molecule has 1 saturated heterocycles. The van der Waals surface area contributed by atoms with Gasteiger partial charge in [-0.2, -0.15) is 0 Å². The SMILES string of the molecule is C=CCS(=O)(=O)N(C)CC1(O)CCOCC1. The van der Waals surface area contributed by atoms with Crippen molar-refractivity contribution in [3.05, 3.63) is 12.7 Å². The molecule has 0 aliphatic carbocycles. The molecule has 1 rings (SSSR count). The van der Waals surface area contributed by atoms with Gasteiger partial charge in [-0.05, 0) is 0 Å². The molecular weight excluding hydrogens is 230 g/mol. The van der Waals surface area contributed by atoms with Crippen molar-refractivity contribution >= 4 is 10.0 Å². The van der Waals surface area contributed by atoms with Crippen LogP contribution in [0.15, 0.2) is 12.7 Å². The van der Waals surface area contributed by atoms with Crippen molar-refractivity contribution < 1.29 is 18.3 Å². The zero-order chi connectivity index (χ0) is 12.2. The molecule has 0 aromatic heterocycles. The lowest BCUT2D eigenvalue weighted by atomic mass is 9.95. The van der Waals surface area contributed by atoms with Crippen molar-refractivity contribution in [3.63, 3.8) is 0 Å². The second kappa shape index (κ2) is 5.27. The monoisotopic (exact) mass is 249 g/mol. The van der Waals surface area contributed by atoms with Crippen molar-refractivity contribution in [1.82, 2.24) is 4.31 Å². The van der Waals surface area contributed by atoms with E-state index in [1.165, 1.54) is 17.4 Å². The van der Waals surface area contributed by atoms with Crippen LogP contribution in [0.1, 0.15) is 12.8 Å². The van der Waals surface area contributed by atoms with Crippen LogP contribution in [0.3, 0.4) is 0 Å². The first-order chi connectivity index (χ1) is 7.40. The average Bonchev–Trinajstić information content (AvgIpc) is 2.17. The Labute approximate surface area is 96.8 Å². The van der Waals surface area contributed by atoms with Gasteiger partial charge < -0.3 is 9.84 Å². The van der Waals surface area contributed by atoms with Crippen LogP contribution in [0.5, 0.6) is 0 Å². The third-order valence-corrected chi connectivity index (χ3v) is 4.48. The predicted octanol–water partition coefficient (Wildman–Crippen LogP) is -0.0245. The van der Waals surface area contributed by atoms with Gasteiger partial charge in [0.2, 0.25) is 10.0 Å². The van der Waals surface area contributed by atoms with E-state index < -0.39 is 15.6 Å². The van der Waals surface area contributed by atoms with Crippen LogP contribution in [0.25, 0.3) is 0 Å². The molecule has 1 N–H and O–H groups in total. The van der Waals surface area contributed by atoms with Gasteiger partial charge >= 0.3 is 0 Å². The molecule has 0 aromatic carbocycles. The van der Waals surface area contributed by atoms with Crippen LogP contribution in [0.4, 0.5) is 0 Å². The first kappa shape index (κ1) is 13.6. The first-order valence-electron chi connectivity index (χ1n) is 5.25. The molecule has 5 nitrogen and oxygen atoms in total. The van der Waals surface area contributed by atoms with Gasteiger partial charge in [0.15, 0.2) is 0 Å². The highest BCUT2D eigenvalue weighted by molar-refractivity contribution is 7.89. The van der Waals surface area contributed by atoms with Crippen LogP contribution in [-0.2, 0) is 14.8 Å². The molecule has 16 heavy (non-hydrogen) atoms. The molecule has 0 saturated carbocycles. The highest BCUT2D eigenvalue weighted by Crippen LogP contribution is 2.22. The van der Waals surface area contributed by atoms with Crippen LogP contribution >= 0.6 is 0 Å². The smallest absolute Gasteiger partial charge is 0.217 e. The van der Waals surface area contributed by atoms with Gasteiger partial charge in [0.25, 0.3) is 0 Å². The highest BCUT2D eigenvalue weighted by atomic mass is 32.2. The maximum atomic E-state index is 11.7. The number of rotatable bonds is 5. The molecule has 94 valence electrons. The third kappa shape index (κ3) is 3.55. The van der Waals surface area contributed by atoms with Gasteiger partial charge in [0.1, 0.15) is 0 Å². The van der Waals surface area contributed by atoms with Crippen LogP contribution in [-0.4, -0.2) is 56.0 Å². The number of ether oxygens (including phenoxy) is 1. The Morgan fingerprint density at radius 3 is 2.56 bits per heavy atom. The van der Waals surface area contributed by atoms with Gasteiger partial charge in [0.05, 0.1) is 11.4 Å². The molecule has 0 spiro atoms. The van der Waals surface area contributed by atoms with Crippen molar-refractivity contribution in [1.29, 1.82) is 0 Å². The predicted molar refractivity (Wildman–Crippen MR) is 61.6 cm³/mol. The first-order valence-corrected chi connectivity index (χ1v) is 6.86. The summed E-state index contributed by atoms with van der Waals surface area (Å²) in [5.41, 5.74) is -0.957. The second-order valence-corrected chi connectivity index (χ2v) is 6.28. The molecule has 1 aliphatic rings. The van der Waals surface area contributed by atoms with Gasteiger partial charge in [-0.15, -0.1) is 6.58 Å². The molecule has 0 aromatic rings. The number of aliphatic hydroxyl groups is 1. The third-order valence-electron chi connectivity index (χ3n) is 2.74. The molecule has 6 heteroatoms. The minimum atomic E-state index is -3.33. The summed E-state index contributed by atoms with van der Waals surface area (Å²) in [6.45, 7) is 4.48. The van der Waals surface area contributed by atoms with E-state index in [0.717, 1.165) is 0 Å². The zero-order valence-corrected chi connectivity index (χ0v) is 10.4. The Morgan fingerprint density at radius 1 is 1.50 bits per heavy atom. The fraction of sp³-hybridized carbons (Fsp3) is 0.800. The normalized spacial score (nSPS) is 20.9. The summed E-state index contributed by atoms with van der Waals surface area (Å²) >= 11 is 0. The van der Waals surface area contributed by atoms with E-state index >= 15 is 0 Å². The topological polar surface area (TPSA) is 66.8 Å². The van der Waals surface area contributed by atoms with Crippen molar-refractivity contribution in [2.45, 2.75) is 18.4 Å². The molecular formula is C10H19NO4S. The van der Waals surface area contributed by atoms with E-state index in [2.05, 4.69) is 6.58 Å². The molecule has 0 unspecified atom stereocenters. The number of nitrogens with zero attached hydrogens (tertiary/aromatic N) is 1. The van der Waals surface area contributed by atoms with Crippen molar-refractivity contribution in [3.8, 4) is 0 Å². The van der Waals surface area contributed by atoms with Gasteiger partial charge in [-0.25, -0.2) is 12.7 Å². The number of hydrogen-bond acceptors (Lipinski definition) is 4. The standard InChI is InChI=1S/C10H19NO4S/c1-3-8-16(13,14)11(2)9-10(12)4-6-15-7-5-10/h3,12H,1,4-9H2,2H3. The molecule has 0 radical (unpaired) electrons. The maximum Gasteiger partial charge on any atom is 0.217 e. The van der Waals surface area contributed by atoms with Gasteiger partial charge in [-0.3, -0.25) is 0 Å². The Hall–Kier alpha value is -0.430. The lowest BCUT2D eigenvalue weighted by Crippen LogP contribution is -2.47. The summed E-state index contributed by atoms with van der Waals surface area (Å²) in [6, 6.07) is 0. The fourth-order valence-corrected chi connectivity index (χ4v) is 2.69. The van der Waals surface area contributed by atoms with Crippen LogP contribution in [0, 0.1) is 0 Å². The summed E-state index contributed by atoms with van der Waals surface area (Å²) in [7, 11) is -1.85. The van der Waals surface area contributed by atoms with Crippen LogP contribution in [0.2, 0.25) is 0 Å². The Bertz CT molecular complexity index is 333. The maximum absolute atomic E-state index is 11.7. The summed E-state index contributed by atoms with van der Waals surface area (Å²) < 4.78 is 29.6. The minimum absolute atomic E-state index is 0.101. The van der Waals surface area contributed by atoms with E-state index in [9.17, 15) is 13.5 Å². The Balaban J connectivity index is 2.62. The quantitative estimate of drug-likeness (QED) is 0.695. The summed E-state index contributed by atoms with van der Waals surface area (Å²) in [5.74, 6) is -0.101. The number of likely N-dealkylation sites (N-methyl/N-ethyl adjacent to an activating group) is 1. The molecule has 1 fully saturated rings. The largest absolute Gasteiger partial charge is 0.388 e.